The van der Waals surface area contributed by atoms with Gasteiger partial charge in [0.2, 0.25) is 5.91 Å². The van der Waals surface area contributed by atoms with Crippen LogP contribution in [0.5, 0.6) is 0 Å². The van der Waals surface area contributed by atoms with Crippen LogP contribution >= 0.6 is 0 Å². The van der Waals surface area contributed by atoms with Gasteiger partial charge in [-0.1, -0.05) is 30.3 Å². The second kappa shape index (κ2) is 8.57. The maximum Gasteiger partial charge on any atom is 0.253 e. The smallest absolute Gasteiger partial charge is 0.253 e. The first-order chi connectivity index (χ1) is 13.7. The summed E-state index contributed by atoms with van der Waals surface area (Å²) in [5, 5.41) is 0. The third-order valence-corrected chi connectivity index (χ3v) is 5.62. The molecule has 146 valence electrons. The van der Waals surface area contributed by atoms with Gasteiger partial charge in [0, 0.05) is 56.9 Å². The fraction of sp³-hybridized carbons (Fsp3) is 0.391. The Balaban J connectivity index is 1.36. The molecule has 2 fully saturated rings. The molecule has 4 rings (SSSR count). The molecule has 0 aromatic heterocycles. The van der Waals surface area contributed by atoms with E-state index < -0.39 is 0 Å². The molecule has 0 N–H and O–H groups in total. The molecule has 2 heterocycles. The number of nitrogens with zero attached hydrogens (tertiary/aromatic N) is 3. The number of benzene rings is 2. The summed E-state index contributed by atoms with van der Waals surface area (Å²) < 4.78 is 0. The summed E-state index contributed by atoms with van der Waals surface area (Å²) in [4.78, 5) is 31.0. The van der Waals surface area contributed by atoms with Crippen LogP contribution in [0.3, 0.4) is 0 Å². The molecule has 2 aliphatic rings. The molecular weight excluding hydrogens is 350 g/mol. The quantitative estimate of drug-likeness (QED) is 0.822. The van der Waals surface area contributed by atoms with E-state index in [2.05, 4.69) is 29.2 Å². The number of hydrogen-bond acceptors (Lipinski definition) is 3. The lowest BCUT2D eigenvalue weighted by Crippen LogP contribution is -2.35. The second-order valence-corrected chi connectivity index (χ2v) is 7.60. The first kappa shape index (κ1) is 18.7. The highest BCUT2D eigenvalue weighted by molar-refractivity contribution is 5.97. The molecular formula is C23H27N3O2. The van der Waals surface area contributed by atoms with Gasteiger partial charge >= 0.3 is 0 Å². The molecule has 0 bridgehead atoms. The van der Waals surface area contributed by atoms with E-state index in [4.69, 9.17) is 0 Å². The highest BCUT2D eigenvalue weighted by Crippen LogP contribution is 2.22. The third-order valence-electron chi connectivity index (χ3n) is 5.62. The lowest BCUT2D eigenvalue weighted by molar-refractivity contribution is -0.117. The molecule has 0 saturated carbocycles. The Morgan fingerprint density at radius 1 is 0.821 bits per heavy atom. The molecule has 0 unspecified atom stereocenters. The first-order valence-corrected chi connectivity index (χ1v) is 10.2. The zero-order valence-electron chi connectivity index (χ0n) is 16.2. The van der Waals surface area contributed by atoms with Gasteiger partial charge in [0.15, 0.2) is 0 Å². The highest BCUT2D eigenvalue weighted by atomic mass is 16.2. The number of hydrogen-bond donors (Lipinski definition) is 0. The van der Waals surface area contributed by atoms with Gasteiger partial charge in [0.1, 0.15) is 0 Å². The molecule has 0 radical (unpaired) electrons. The minimum Gasteiger partial charge on any atom is -0.337 e. The van der Waals surface area contributed by atoms with Crippen LogP contribution in [0.2, 0.25) is 0 Å². The standard InChI is InChI=1S/C23H27N3O2/c27-22-8-4-15-26(22)21-11-9-20(10-12-21)23(28)25-14-5-13-24(16-17-25)18-19-6-2-1-3-7-19/h1-3,6-7,9-12H,4-5,8,13-18H2. The van der Waals surface area contributed by atoms with E-state index in [-0.39, 0.29) is 11.8 Å². The van der Waals surface area contributed by atoms with Gasteiger partial charge in [-0.05, 0) is 42.7 Å². The molecule has 0 aliphatic carbocycles. The van der Waals surface area contributed by atoms with Crippen molar-refractivity contribution in [3.63, 3.8) is 0 Å². The van der Waals surface area contributed by atoms with Crippen LogP contribution in [0.25, 0.3) is 0 Å². The zero-order chi connectivity index (χ0) is 19.3. The largest absolute Gasteiger partial charge is 0.337 e. The van der Waals surface area contributed by atoms with Gasteiger partial charge in [0.25, 0.3) is 5.91 Å². The molecule has 2 aromatic carbocycles. The number of carbonyl (C=O) groups is 2. The van der Waals surface area contributed by atoms with E-state index in [9.17, 15) is 9.59 Å². The Kier molecular flexibility index (Phi) is 5.72. The Hall–Kier alpha value is -2.66. The van der Waals surface area contributed by atoms with Gasteiger partial charge in [0.05, 0.1) is 0 Å². The molecule has 2 saturated heterocycles. The van der Waals surface area contributed by atoms with Crippen LogP contribution in [0.4, 0.5) is 5.69 Å². The van der Waals surface area contributed by atoms with Crippen molar-refractivity contribution in [2.75, 3.05) is 37.6 Å². The Labute approximate surface area is 166 Å². The fourth-order valence-electron chi connectivity index (χ4n) is 4.06. The van der Waals surface area contributed by atoms with Gasteiger partial charge in [-0.2, -0.15) is 0 Å². The van der Waals surface area contributed by atoms with E-state index in [0.29, 0.717) is 12.0 Å². The minimum atomic E-state index is 0.0841. The first-order valence-electron chi connectivity index (χ1n) is 10.2. The number of anilines is 1. The van der Waals surface area contributed by atoms with Gasteiger partial charge in [-0.15, -0.1) is 0 Å². The van der Waals surface area contributed by atoms with Crippen molar-refractivity contribution in [2.45, 2.75) is 25.8 Å². The number of rotatable bonds is 4. The normalized spacial score (nSPS) is 18.4. The van der Waals surface area contributed by atoms with Crippen molar-refractivity contribution >= 4 is 17.5 Å². The average molecular weight is 377 g/mol. The van der Waals surface area contributed by atoms with Crippen LogP contribution in [-0.4, -0.2) is 54.3 Å². The van der Waals surface area contributed by atoms with Gasteiger partial charge in [-0.3, -0.25) is 14.5 Å². The summed E-state index contributed by atoms with van der Waals surface area (Å²) in [6.07, 6.45) is 2.51. The van der Waals surface area contributed by atoms with Gasteiger partial charge in [-0.25, -0.2) is 0 Å². The van der Waals surface area contributed by atoms with E-state index in [0.717, 1.165) is 57.8 Å². The van der Waals surface area contributed by atoms with Crippen molar-refractivity contribution in [2.24, 2.45) is 0 Å². The van der Waals surface area contributed by atoms with E-state index in [1.165, 1.54) is 5.56 Å². The lowest BCUT2D eigenvalue weighted by atomic mass is 10.1. The van der Waals surface area contributed by atoms with Crippen molar-refractivity contribution < 1.29 is 9.59 Å². The maximum absolute atomic E-state index is 12.9. The molecule has 2 aliphatic heterocycles. The summed E-state index contributed by atoms with van der Waals surface area (Å²) >= 11 is 0. The summed E-state index contributed by atoms with van der Waals surface area (Å²) in [6.45, 7) is 5.14. The van der Waals surface area contributed by atoms with E-state index in [1.54, 1.807) is 0 Å². The van der Waals surface area contributed by atoms with Crippen LogP contribution in [-0.2, 0) is 11.3 Å². The van der Waals surface area contributed by atoms with E-state index >= 15 is 0 Å². The summed E-state index contributed by atoms with van der Waals surface area (Å²) in [5.41, 5.74) is 2.91. The molecule has 2 amide bonds. The zero-order valence-corrected chi connectivity index (χ0v) is 16.2. The number of carbonyl (C=O) groups excluding carboxylic acids is 2. The molecule has 0 spiro atoms. The van der Waals surface area contributed by atoms with Crippen molar-refractivity contribution in [1.29, 1.82) is 0 Å². The molecule has 5 heteroatoms. The van der Waals surface area contributed by atoms with Crippen molar-refractivity contribution in [3.8, 4) is 0 Å². The highest BCUT2D eigenvalue weighted by Gasteiger charge is 2.23. The third kappa shape index (κ3) is 4.25. The topological polar surface area (TPSA) is 43.9 Å². The Morgan fingerprint density at radius 2 is 1.61 bits per heavy atom. The van der Waals surface area contributed by atoms with Crippen molar-refractivity contribution in [3.05, 3.63) is 65.7 Å². The average Bonchev–Trinajstić information content (AvgIpc) is 3.02. The van der Waals surface area contributed by atoms with Gasteiger partial charge < -0.3 is 9.80 Å². The van der Waals surface area contributed by atoms with Crippen LogP contribution in [0, 0.1) is 0 Å². The Morgan fingerprint density at radius 3 is 2.32 bits per heavy atom. The Bertz CT molecular complexity index is 820. The molecule has 28 heavy (non-hydrogen) atoms. The van der Waals surface area contributed by atoms with E-state index in [1.807, 2.05) is 40.1 Å². The molecule has 0 atom stereocenters. The monoisotopic (exact) mass is 377 g/mol. The lowest BCUT2D eigenvalue weighted by Gasteiger charge is -2.22. The van der Waals surface area contributed by atoms with Crippen LogP contribution < -0.4 is 4.90 Å². The van der Waals surface area contributed by atoms with Crippen LogP contribution in [0.15, 0.2) is 54.6 Å². The molecule has 5 nitrogen and oxygen atoms in total. The minimum absolute atomic E-state index is 0.0841. The predicted molar refractivity (Wildman–Crippen MR) is 110 cm³/mol. The molecule has 2 aromatic rings. The SMILES string of the molecule is O=C(c1ccc(N2CCCC2=O)cc1)N1CCCN(Cc2ccccc2)CC1. The second-order valence-electron chi connectivity index (χ2n) is 7.60. The summed E-state index contributed by atoms with van der Waals surface area (Å²) in [6, 6.07) is 18.0. The van der Waals surface area contributed by atoms with Crippen molar-refractivity contribution in [1.82, 2.24) is 9.80 Å². The summed E-state index contributed by atoms with van der Waals surface area (Å²) in [7, 11) is 0. The summed E-state index contributed by atoms with van der Waals surface area (Å²) in [5.74, 6) is 0.256. The van der Waals surface area contributed by atoms with Crippen LogP contribution in [0.1, 0.15) is 35.2 Å². The number of amides is 2. The maximum atomic E-state index is 12.9. The fourth-order valence-corrected chi connectivity index (χ4v) is 4.06. The predicted octanol–water partition coefficient (Wildman–Crippen LogP) is 3.16.